The van der Waals surface area contributed by atoms with Crippen molar-refractivity contribution in [3.8, 4) is 0 Å². The molecule has 0 bridgehead atoms. The van der Waals surface area contributed by atoms with Gasteiger partial charge in [-0.05, 0) is 44.4 Å². The maximum absolute atomic E-state index is 6.34. The van der Waals surface area contributed by atoms with Gasteiger partial charge < -0.3 is 9.88 Å². The Labute approximate surface area is 124 Å². The van der Waals surface area contributed by atoms with Crippen LogP contribution < -0.4 is 5.32 Å². The normalized spacial score (nSPS) is 18.3. The minimum absolute atomic E-state index is 0.490. The number of nitrogens with zero attached hydrogens (tertiary/aromatic N) is 3. The van der Waals surface area contributed by atoms with Gasteiger partial charge in [-0.1, -0.05) is 11.6 Å². The molecule has 1 aliphatic rings. The number of nitrogens with one attached hydrogen (secondary N) is 1. The first-order chi connectivity index (χ1) is 9.60. The summed E-state index contributed by atoms with van der Waals surface area (Å²) in [4.78, 5) is 0. The zero-order valence-corrected chi connectivity index (χ0v) is 13.0. The number of rotatable bonds is 3. The second kappa shape index (κ2) is 5.26. The molecule has 1 atom stereocenters. The topological polar surface area (TPSA) is 34.8 Å². The number of hydrogen-bond acceptors (Lipinski definition) is 2. The summed E-state index contributed by atoms with van der Waals surface area (Å²) < 4.78 is 4.12. The molecule has 1 unspecified atom stereocenters. The number of fused-ring (bicyclic) bond motifs is 1. The average Bonchev–Trinajstić information content (AvgIpc) is 2.94. The van der Waals surface area contributed by atoms with Crippen LogP contribution in [0.5, 0.6) is 0 Å². The quantitative estimate of drug-likeness (QED) is 0.944. The van der Waals surface area contributed by atoms with Crippen molar-refractivity contribution in [2.45, 2.75) is 38.8 Å². The molecular weight excluding hydrogens is 272 g/mol. The van der Waals surface area contributed by atoms with Crippen molar-refractivity contribution in [2.24, 2.45) is 7.05 Å². The van der Waals surface area contributed by atoms with E-state index in [0.29, 0.717) is 6.04 Å². The van der Waals surface area contributed by atoms with Gasteiger partial charge in [0.25, 0.3) is 0 Å². The van der Waals surface area contributed by atoms with Crippen LogP contribution in [0.25, 0.3) is 0 Å². The fourth-order valence-corrected chi connectivity index (χ4v) is 3.38. The first kappa shape index (κ1) is 13.7. The van der Waals surface area contributed by atoms with Crippen LogP contribution in [0.3, 0.4) is 0 Å². The lowest BCUT2D eigenvalue weighted by molar-refractivity contribution is 0.498. The molecule has 0 radical (unpaired) electrons. The van der Waals surface area contributed by atoms with Gasteiger partial charge in [-0.3, -0.25) is 4.68 Å². The largest absolute Gasteiger partial charge is 0.348 e. The van der Waals surface area contributed by atoms with Crippen molar-refractivity contribution in [2.75, 3.05) is 7.05 Å². The molecule has 0 fully saturated rings. The average molecular weight is 293 g/mol. The summed E-state index contributed by atoms with van der Waals surface area (Å²) in [6.45, 7) is 2.73. The fourth-order valence-electron chi connectivity index (χ4n) is 3.16. The molecule has 0 saturated heterocycles. The summed E-state index contributed by atoms with van der Waals surface area (Å²) in [5, 5.41) is 8.57. The zero-order valence-electron chi connectivity index (χ0n) is 12.3. The Bertz CT molecular complexity index is 626. The highest BCUT2D eigenvalue weighted by Crippen LogP contribution is 2.31. The Hall–Kier alpha value is -1.26. The van der Waals surface area contributed by atoms with Crippen LogP contribution in [0.4, 0.5) is 0 Å². The molecule has 108 valence electrons. The predicted molar refractivity (Wildman–Crippen MR) is 81.2 cm³/mol. The van der Waals surface area contributed by atoms with E-state index in [1.807, 2.05) is 25.7 Å². The molecule has 1 aliphatic carbocycles. The van der Waals surface area contributed by atoms with Crippen LogP contribution in [-0.2, 0) is 20.0 Å². The van der Waals surface area contributed by atoms with Gasteiger partial charge in [0, 0.05) is 25.5 Å². The zero-order chi connectivity index (χ0) is 14.3. The van der Waals surface area contributed by atoms with Gasteiger partial charge in [-0.25, -0.2) is 0 Å². The van der Waals surface area contributed by atoms with Gasteiger partial charge in [0.2, 0.25) is 0 Å². The lowest BCUT2D eigenvalue weighted by Gasteiger charge is -2.21. The van der Waals surface area contributed by atoms with E-state index in [0.717, 1.165) is 23.0 Å². The SMILES string of the molecule is CNC1CCCc2cn(Cc3c(Cl)c(C)nn3C)cc21. The number of halogens is 1. The second-order valence-electron chi connectivity index (χ2n) is 5.61. The standard InChI is InChI=1S/C15H21ClN4/c1-10-15(16)14(19(3)18-10)9-20-7-11-5-4-6-13(17-2)12(11)8-20/h7-8,13,17H,4-6,9H2,1-3H3. The summed E-state index contributed by atoms with van der Waals surface area (Å²) in [5.74, 6) is 0. The van der Waals surface area contributed by atoms with Crippen molar-refractivity contribution >= 4 is 11.6 Å². The Morgan fingerprint density at radius 3 is 2.90 bits per heavy atom. The van der Waals surface area contributed by atoms with E-state index < -0.39 is 0 Å². The van der Waals surface area contributed by atoms with Crippen molar-refractivity contribution in [1.29, 1.82) is 0 Å². The minimum atomic E-state index is 0.490. The molecule has 5 heteroatoms. The van der Waals surface area contributed by atoms with Gasteiger partial charge in [-0.15, -0.1) is 0 Å². The monoisotopic (exact) mass is 292 g/mol. The third-order valence-corrected chi connectivity index (χ3v) is 4.75. The maximum Gasteiger partial charge on any atom is 0.0865 e. The number of hydrogen-bond donors (Lipinski definition) is 1. The maximum atomic E-state index is 6.34. The lowest BCUT2D eigenvalue weighted by Crippen LogP contribution is -2.20. The molecule has 0 aliphatic heterocycles. The molecule has 4 nitrogen and oxygen atoms in total. The first-order valence-corrected chi connectivity index (χ1v) is 7.51. The molecule has 0 aromatic carbocycles. The third-order valence-electron chi connectivity index (χ3n) is 4.25. The van der Waals surface area contributed by atoms with Crippen LogP contribution in [0, 0.1) is 6.92 Å². The van der Waals surface area contributed by atoms with Crippen LogP contribution in [0.1, 0.15) is 41.4 Å². The van der Waals surface area contributed by atoms with Crippen LogP contribution in [-0.4, -0.2) is 21.4 Å². The highest BCUT2D eigenvalue weighted by molar-refractivity contribution is 6.31. The van der Waals surface area contributed by atoms with Crippen molar-refractivity contribution < 1.29 is 0 Å². The second-order valence-corrected chi connectivity index (χ2v) is 5.99. The highest BCUT2D eigenvalue weighted by Gasteiger charge is 2.21. The molecular formula is C15H21ClN4. The summed E-state index contributed by atoms with van der Waals surface area (Å²) in [6, 6.07) is 0.490. The van der Waals surface area contributed by atoms with Crippen molar-refractivity contribution in [1.82, 2.24) is 19.7 Å². The van der Waals surface area contributed by atoms with Crippen LogP contribution >= 0.6 is 11.6 Å². The summed E-state index contributed by atoms with van der Waals surface area (Å²) in [5.41, 5.74) is 4.87. The Morgan fingerprint density at radius 1 is 1.45 bits per heavy atom. The third kappa shape index (κ3) is 2.27. The minimum Gasteiger partial charge on any atom is -0.348 e. The number of aromatic nitrogens is 3. The summed E-state index contributed by atoms with van der Waals surface area (Å²) in [6.07, 6.45) is 8.18. The molecule has 2 heterocycles. The van der Waals surface area contributed by atoms with E-state index in [4.69, 9.17) is 11.6 Å². The van der Waals surface area contributed by atoms with Crippen molar-refractivity contribution in [3.05, 3.63) is 39.9 Å². The Balaban J connectivity index is 1.91. The lowest BCUT2D eigenvalue weighted by atomic mass is 9.91. The van der Waals surface area contributed by atoms with Crippen LogP contribution in [0.2, 0.25) is 5.02 Å². The highest BCUT2D eigenvalue weighted by atomic mass is 35.5. The van der Waals surface area contributed by atoms with E-state index >= 15 is 0 Å². The Kier molecular flexibility index (Phi) is 3.61. The Morgan fingerprint density at radius 2 is 2.25 bits per heavy atom. The predicted octanol–water partition coefficient (Wildman–Crippen LogP) is 2.83. The van der Waals surface area contributed by atoms with Gasteiger partial charge in [0.1, 0.15) is 0 Å². The van der Waals surface area contributed by atoms with Gasteiger partial charge in [0.15, 0.2) is 0 Å². The molecule has 2 aromatic heterocycles. The van der Waals surface area contributed by atoms with E-state index in [9.17, 15) is 0 Å². The molecule has 0 amide bonds. The van der Waals surface area contributed by atoms with Crippen molar-refractivity contribution in [3.63, 3.8) is 0 Å². The van der Waals surface area contributed by atoms with Gasteiger partial charge in [0.05, 0.1) is 23.0 Å². The summed E-state index contributed by atoms with van der Waals surface area (Å²) in [7, 11) is 3.99. The van der Waals surface area contributed by atoms with Crippen LogP contribution in [0.15, 0.2) is 12.4 Å². The molecule has 20 heavy (non-hydrogen) atoms. The van der Waals surface area contributed by atoms with Gasteiger partial charge in [-0.2, -0.15) is 5.10 Å². The number of aryl methyl sites for hydroxylation is 3. The van der Waals surface area contributed by atoms with Gasteiger partial charge >= 0.3 is 0 Å². The summed E-state index contributed by atoms with van der Waals surface area (Å²) >= 11 is 6.34. The molecule has 2 aromatic rings. The first-order valence-electron chi connectivity index (χ1n) is 7.14. The molecule has 0 spiro atoms. The molecule has 0 saturated carbocycles. The fraction of sp³-hybridized carbons (Fsp3) is 0.533. The van der Waals surface area contributed by atoms with E-state index in [2.05, 4.69) is 27.4 Å². The van der Waals surface area contributed by atoms with E-state index in [1.165, 1.54) is 30.4 Å². The molecule has 1 N–H and O–H groups in total. The smallest absolute Gasteiger partial charge is 0.0865 e. The van der Waals surface area contributed by atoms with E-state index in [1.54, 1.807) is 0 Å². The van der Waals surface area contributed by atoms with E-state index in [-0.39, 0.29) is 0 Å². The molecule has 3 rings (SSSR count).